The lowest BCUT2D eigenvalue weighted by Gasteiger charge is -2.02. The van der Waals surface area contributed by atoms with Gasteiger partial charge in [0.1, 0.15) is 0 Å². The lowest BCUT2D eigenvalue weighted by atomic mass is 10.6. The summed E-state index contributed by atoms with van der Waals surface area (Å²) in [4.78, 5) is 0. The molecule has 0 aliphatic rings. The quantitative estimate of drug-likeness (QED) is 0.348. The van der Waals surface area contributed by atoms with Crippen LogP contribution in [0.1, 0.15) is 53.4 Å². The zero-order chi connectivity index (χ0) is 15.1. The van der Waals surface area contributed by atoms with Crippen LogP contribution in [-0.4, -0.2) is 23.0 Å². The van der Waals surface area contributed by atoms with Crippen LogP contribution in [0.3, 0.4) is 0 Å². The molecule has 0 unspecified atom stereocenters. The molecular weight excluding hydrogens is 320 g/mol. The van der Waals surface area contributed by atoms with E-state index in [4.69, 9.17) is 0 Å². The first kappa shape index (κ1) is 20.7. The van der Waals surface area contributed by atoms with Gasteiger partial charge in [0, 0.05) is 0 Å². The fourth-order valence-electron chi connectivity index (χ4n) is 1.11. The largest absolute Gasteiger partial charge is 0.110 e. The Labute approximate surface area is 143 Å². The van der Waals surface area contributed by atoms with Crippen LogP contribution < -0.4 is 0 Å². The van der Waals surface area contributed by atoms with Gasteiger partial charge in [-0.2, -0.15) is 0 Å². The fraction of sp³-hybridized carbons (Fsp3) is 0.750. The van der Waals surface area contributed by atoms with Crippen molar-refractivity contribution in [3.8, 4) is 0 Å². The van der Waals surface area contributed by atoms with Gasteiger partial charge in [0.2, 0.25) is 0 Å². The second-order valence-corrected chi connectivity index (χ2v) is 9.16. The van der Waals surface area contributed by atoms with Crippen LogP contribution in [0.5, 0.6) is 0 Å². The highest BCUT2D eigenvalue weighted by Gasteiger charge is 1.99. The molecule has 0 aromatic heterocycles. The van der Waals surface area contributed by atoms with Crippen LogP contribution in [0, 0.1) is 0 Å². The summed E-state index contributed by atoms with van der Waals surface area (Å²) in [6, 6.07) is 0. The monoisotopic (exact) mass is 348 g/mol. The predicted molar refractivity (Wildman–Crippen MR) is 105 cm³/mol. The number of hydrogen-bond donors (Lipinski definition) is 0. The molecule has 116 valence electrons. The predicted octanol–water partition coefficient (Wildman–Crippen LogP) is 7.00. The molecule has 0 N–H and O–H groups in total. The highest BCUT2D eigenvalue weighted by atomic mass is 32.2. The van der Waals surface area contributed by atoms with Gasteiger partial charge in [0.05, 0.1) is 8.47 Å². The third-order valence-corrected chi connectivity index (χ3v) is 7.34. The normalized spacial score (nSPS) is 10.0. The van der Waals surface area contributed by atoms with Crippen molar-refractivity contribution >= 4 is 47.0 Å². The van der Waals surface area contributed by atoms with Crippen molar-refractivity contribution in [2.24, 2.45) is 0 Å². The van der Waals surface area contributed by atoms with E-state index < -0.39 is 0 Å². The van der Waals surface area contributed by atoms with E-state index in [-0.39, 0.29) is 0 Å². The van der Waals surface area contributed by atoms with Gasteiger partial charge in [-0.1, -0.05) is 27.7 Å². The lowest BCUT2D eigenvalue weighted by molar-refractivity contribution is 1.11. The molecule has 0 aromatic carbocycles. The molecule has 0 fully saturated rings. The Kier molecular flexibility index (Phi) is 16.6. The van der Waals surface area contributed by atoms with E-state index in [1.165, 1.54) is 57.2 Å². The van der Waals surface area contributed by atoms with Gasteiger partial charge in [0.25, 0.3) is 0 Å². The van der Waals surface area contributed by atoms with Crippen LogP contribution in [0.4, 0.5) is 0 Å². The standard InChI is InChI=1S/C16H28S4/c1-5-11-17-15(18-12-6-2)9-10-16(19-13-7-3)20-14-8-4/h5-8,11-14H2,1-4H3. The first-order valence-corrected chi connectivity index (χ1v) is 11.5. The highest BCUT2D eigenvalue weighted by molar-refractivity contribution is 8.22. The summed E-state index contributed by atoms with van der Waals surface area (Å²) in [7, 11) is 0. The molecule has 20 heavy (non-hydrogen) atoms. The van der Waals surface area contributed by atoms with Gasteiger partial charge in [-0.05, 0) is 60.2 Å². The van der Waals surface area contributed by atoms with Gasteiger partial charge < -0.3 is 0 Å². The SMILES string of the molecule is CCCSC(=C=C=C(SCCC)SCCC)SCCC. The van der Waals surface area contributed by atoms with Crippen molar-refractivity contribution in [3.63, 3.8) is 0 Å². The number of hydrogen-bond acceptors (Lipinski definition) is 4. The Morgan fingerprint density at radius 1 is 0.550 bits per heavy atom. The first-order chi connectivity index (χ1) is 9.78. The number of rotatable bonds is 12. The van der Waals surface area contributed by atoms with Gasteiger partial charge >= 0.3 is 0 Å². The minimum Gasteiger partial charge on any atom is -0.110 e. The lowest BCUT2D eigenvalue weighted by Crippen LogP contribution is -1.79. The highest BCUT2D eigenvalue weighted by Crippen LogP contribution is 2.30. The second kappa shape index (κ2) is 16.1. The minimum atomic E-state index is 1.18. The molecule has 0 radical (unpaired) electrons. The Morgan fingerprint density at radius 3 is 1.00 bits per heavy atom. The van der Waals surface area contributed by atoms with Crippen LogP contribution in [0.25, 0.3) is 0 Å². The van der Waals surface area contributed by atoms with E-state index in [0.29, 0.717) is 0 Å². The maximum Gasteiger partial charge on any atom is 0.0909 e. The molecule has 0 spiro atoms. The average Bonchev–Trinajstić information content (AvgIpc) is 2.48. The summed E-state index contributed by atoms with van der Waals surface area (Å²) >= 11 is 7.70. The fourth-order valence-corrected chi connectivity index (χ4v) is 4.83. The van der Waals surface area contributed by atoms with E-state index in [1.807, 2.05) is 47.0 Å². The van der Waals surface area contributed by atoms with Gasteiger partial charge in [-0.15, -0.1) is 47.0 Å². The molecule has 0 atom stereocenters. The van der Waals surface area contributed by atoms with Crippen LogP contribution >= 0.6 is 47.0 Å². The molecule has 0 saturated heterocycles. The number of thioether (sulfide) groups is 4. The topological polar surface area (TPSA) is 0 Å². The van der Waals surface area contributed by atoms with Crippen LogP contribution in [-0.2, 0) is 0 Å². The van der Waals surface area contributed by atoms with E-state index in [2.05, 4.69) is 39.2 Å². The Balaban J connectivity index is 4.91. The van der Waals surface area contributed by atoms with E-state index in [1.54, 1.807) is 0 Å². The van der Waals surface area contributed by atoms with Crippen molar-refractivity contribution in [3.05, 3.63) is 19.9 Å². The average molecular weight is 349 g/mol. The molecule has 0 rings (SSSR count). The van der Waals surface area contributed by atoms with Gasteiger partial charge in [0.15, 0.2) is 0 Å². The molecule has 0 aliphatic heterocycles. The van der Waals surface area contributed by atoms with Crippen molar-refractivity contribution in [1.29, 1.82) is 0 Å². The zero-order valence-corrected chi connectivity index (χ0v) is 16.6. The zero-order valence-electron chi connectivity index (χ0n) is 13.3. The van der Waals surface area contributed by atoms with Crippen molar-refractivity contribution in [2.75, 3.05) is 23.0 Å². The van der Waals surface area contributed by atoms with Crippen molar-refractivity contribution < 1.29 is 0 Å². The summed E-state index contributed by atoms with van der Waals surface area (Å²) in [6.07, 6.45) is 4.87. The Bertz CT molecular complexity index is 271. The van der Waals surface area contributed by atoms with E-state index in [0.717, 1.165) is 0 Å². The van der Waals surface area contributed by atoms with Crippen molar-refractivity contribution in [1.82, 2.24) is 0 Å². The molecule has 0 heterocycles. The molecule has 4 heteroatoms. The summed E-state index contributed by atoms with van der Waals surface area (Å²) < 4.78 is 2.61. The second-order valence-electron chi connectivity index (χ2n) is 4.22. The summed E-state index contributed by atoms with van der Waals surface area (Å²) in [5.74, 6) is 4.72. The Hall–Kier alpha value is 0.700. The van der Waals surface area contributed by atoms with Crippen LogP contribution in [0.2, 0.25) is 0 Å². The van der Waals surface area contributed by atoms with E-state index >= 15 is 0 Å². The molecule has 0 nitrogen and oxygen atoms in total. The molecule has 0 aliphatic carbocycles. The summed E-state index contributed by atoms with van der Waals surface area (Å²) in [5, 5.41) is 0. The third-order valence-electron chi connectivity index (χ3n) is 2.02. The molecule has 0 saturated carbocycles. The first-order valence-electron chi connectivity index (χ1n) is 7.55. The van der Waals surface area contributed by atoms with Crippen LogP contribution in [0.15, 0.2) is 19.9 Å². The van der Waals surface area contributed by atoms with Crippen molar-refractivity contribution in [2.45, 2.75) is 53.4 Å². The van der Waals surface area contributed by atoms with E-state index in [9.17, 15) is 0 Å². The van der Waals surface area contributed by atoms with Gasteiger partial charge in [-0.25, -0.2) is 0 Å². The summed E-state index contributed by atoms with van der Waals surface area (Å²) in [5.41, 5.74) is 6.84. The van der Waals surface area contributed by atoms with Gasteiger partial charge in [-0.3, -0.25) is 0 Å². The minimum absolute atomic E-state index is 1.18. The molecule has 0 aromatic rings. The maximum absolute atomic E-state index is 3.42. The smallest absolute Gasteiger partial charge is 0.0909 e. The molecule has 0 bridgehead atoms. The molecule has 0 amide bonds. The Morgan fingerprint density at radius 2 is 0.800 bits per heavy atom. The molecular formula is C16H28S4. The third kappa shape index (κ3) is 12.4. The maximum atomic E-state index is 3.42. The summed E-state index contributed by atoms with van der Waals surface area (Å²) in [6.45, 7) is 8.92.